The molecule has 198 valence electrons. The number of hydrogen-bond acceptors (Lipinski definition) is 4. The van der Waals surface area contributed by atoms with Gasteiger partial charge in [0.25, 0.3) is 0 Å². The Morgan fingerprint density at radius 2 is 1.69 bits per heavy atom. The molecule has 5 nitrogen and oxygen atoms in total. The highest BCUT2D eigenvalue weighted by Gasteiger charge is 2.70. The Labute approximate surface area is 211 Å². The van der Waals surface area contributed by atoms with Crippen LogP contribution in [0.5, 0.6) is 0 Å². The molecule has 35 heavy (non-hydrogen) atoms. The van der Waals surface area contributed by atoms with Gasteiger partial charge in [-0.25, -0.2) is 0 Å². The number of rotatable bonds is 2. The molecule has 0 amide bonds. The lowest BCUT2D eigenvalue weighted by atomic mass is 9.33. The van der Waals surface area contributed by atoms with Crippen molar-refractivity contribution in [2.24, 2.45) is 56.7 Å². The average Bonchev–Trinajstić information content (AvgIpc) is 2.80. The first-order valence-electron chi connectivity index (χ1n) is 14.1. The number of aliphatic carboxylic acids is 1. The van der Waals surface area contributed by atoms with Gasteiger partial charge in [-0.2, -0.15) is 0 Å². The van der Waals surface area contributed by atoms with Gasteiger partial charge in [-0.1, -0.05) is 53.2 Å². The molecule has 0 spiro atoms. The van der Waals surface area contributed by atoms with E-state index in [1.54, 1.807) is 0 Å². The first-order valence-corrected chi connectivity index (χ1v) is 14.1. The van der Waals surface area contributed by atoms with Crippen LogP contribution in [0, 0.1) is 56.7 Å². The lowest BCUT2D eigenvalue weighted by Gasteiger charge is -2.71. The van der Waals surface area contributed by atoms with Gasteiger partial charge in [0.15, 0.2) is 0 Å². The lowest BCUT2D eigenvalue weighted by molar-refractivity contribution is -0.244. The summed E-state index contributed by atoms with van der Waals surface area (Å²) in [5.41, 5.74) is -0.214. The molecule has 4 N–H and O–H groups in total. The maximum atomic E-state index is 12.8. The molecule has 0 aliphatic heterocycles. The second kappa shape index (κ2) is 7.80. The Hall–Kier alpha value is -0.910. The Kier molecular flexibility index (Phi) is 5.73. The largest absolute Gasteiger partial charge is 0.481 e. The molecule has 0 aromatic carbocycles. The van der Waals surface area contributed by atoms with E-state index in [0.29, 0.717) is 24.2 Å². The highest BCUT2D eigenvalue weighted by Crippen LogP contribution is 2.75. The number of hydrogen-bond donors (Lipinski definition) is 4. The van der Waals surface area contributed by atoms with Gasteiger partial charge >= 0.3 is 5.97 Å². The lowest BCUT2D eigenvalue weighted by Crippen LogP contribution is -2.68. The number of aliphatic hydroxyl groups is 3. The zero-order valence-corrected chi connectivity index (χ0v) is 22.7. The molecule has 0 heterocycles. The molecule has 12 atom stereocenters. The number of aliphatic hydroxyl groups excluding tert-OH is 3. The summed E-state index contributed by atoms with van der Waals surface area (Å²) in [6.45, 7) is 13.6. The van der Waals surface area contributed by atoms with E-state index in [1.807, 2.05) is 6.92 Å². The van der Waals surface area contributed by atoms with E-state index in [-0.39, 0.29) is 34.7 Å². The molecular weight excluding hydrogens is 440 g/mol. The highest BCUT2D eigenvalue weighted by molar-refractivity contribution is 5.76. The molecule has 4 fully saturated rings. The summed E-state index contributed by atoms with van der Waals surface area (Å²) >= 11 is 0. The van der Waals surface area contributed by atoms with Crippen LogP contribution in [-0.2, 0) is 4.79 Å². The maximum absolute atomic E-state index is 12.8. The molecule has 0 bridgehead atoms. The smallest absolute Gasteiger partial charge is 0.310 e. The van der Waals surface area contributed by atoms with Crippen molar-refractivity contribution in [1.82, 2.24) is 0 Å². The second-order valence-corrected chi connectivity index (χ2v) is 14.5. The van der Waals surface area contributed by atoms with Crippen LogP contribution in [0.4, 0.5) is 0 Å². The Morgan fingerprint density at radius 3 is 2.31 bits per heavy atom. The van der Waals surface area contributed by atoms with Gasteiger partial charge in [0.2, 0.25) is 0 Å². The van der Waals surface area contributed by atoms with Crippen LogP contribution in [-0.4, -0.2) is 45.2 Å². The Morgan fingerprint density at radius 1 is 1.00 bits per heavy atom. The average molecular weight is 489 g/mol. The van der Waals surface area contributed by atoms with Crippen LogP contribution in [0.2, 0.25) is 0 Å². The summed E-state index contributed by atoms with van der Waals surface area (Å²) in [6, 6.07) is 0. The summed E-state index contributed by atoms with van der Waals surface area (Å²) in [4.78, 5) is 12.8. The van der Waals surface area contributed by atoms with E-state index in [2.05, 4.69) is 40.7 Å². The molecule has 0 saturated heterocycles. The molecule has 5 heteroatoms. The van der Waals surface area contributed by atoms with Crippen molar-refractivity contribution < 1.29 is 25.2 Å². The number of carbonyl (C=O) groups is 1. The third kappa shape index (κ3) is 2.95. The summed E-state index contributed by atoms with van der Waals surface area (Å²) in [5, 5.41) is 42.9. The van der Waals surface area contributed by atoms with E-state index in [4.69, 9.17) is 0 Å². The highest BCUT2D eigenvalue weighted by atomic mass is 16.4. The monoisotopic (exact) mass is 488 g/mol. The fourth-order valence-corrected chi connectivity index (χ4v) is 11.0. The van der Waals surface area contributed by atoms with E-state index in [1.165, 1.54) is 5.57 Å². The van der Waals surface area contributed by atoms with Crippen LogP contribution in [0.15, 0.2) is 11.6 Å². The molecule has 0 aromatic rings. The number of fused-ring (bicyclic) bond motifs is 7. The van der Waals surface area contributed by atoms with Crippen molar-refractivity contribution in [3.63, 3.8) is 0 Å². The second-order valence-electron chi connectivity index (χ2n) is 14.5. The van der Waals surface area contributed by atoms with Gasteiger partial charge < -0.3 is 20.4 Å². The van der Waals surface area contributed by atoms with Crippen LogP contribution in [0.25, 0.3) is 0 Å². The third-order valence-corrected chi connectivity index (χ3v) is 13.5. The van der Waals surface area contributed by atoms with E-state index in [9.17, 15) is 25.2 Å². The molecule has 0 radical (unpaired) electrons. The van der Waals surface area contributed by atoms with E-state index >= 15 is 0 Å². The zero-order valence-electron chi connectivity index (χ0n) is 22.7. The van der Waals surface area contributed by atoms with Gasteiger partial charge in [0.05, 0.1) is 24.2 Å². The quantitative estimate of drug-likeness (QED) is 0.409. The van der Waals surface area contributed by atoms with Gasteiger partial charge in [-0.3, -0.25) is 4.79 Å². The maximum Gasteiger partial charge on any atom is 0.310 e. The molecule has 4 saturated carbocycles. The molecule has 0 aromatic heterocycles. The van der Waals surface area contributed by atoms with E-state index in [0.717, 1.165) is 44.9 Å². The van der Waals surface area contributed by atoms with Gasteiger partial charge in [0, 0.05) is 5.41 Å². The minimum absolute atomic E-state index is 0.00815. The van der Waals surface area contributed by atoms with Gasteiger partial charge in [-0.05, 0) is 97.2 Å². The van der Waals surface area contributed by atoms with E-state index < -0.39 is 29.0 Å². The first-order chi connectivity index (χ1) is 16.2. The number of allylic oxidation sites excluding steroid dienone is 2. The molecule has 5 rings (SSSR count). The number of carboxylic acids is 1. The van der Waals surface area contributed by atoms with Crippen molar-refractivity contribution in [3.8, 4) is 0 Å². The van der Waals surface area contributed by atoms with Gasteiger partial charge in [0.1, 0.15) is 0 Å². The molecule has 5 aliphatic rings. The fraction of sp³-hybridized carbons (Fsp3) is 0.900. The predicted octanol–water partition coefficient (Wildman–Crippen LogP) is 5.03. The SMILES string of the molecule is CC1CCC2(C(=O)O)CCC3(C)C(=CCC4C3(C)CCC3[C@@]4(C)CC(O)C(O)[C@@]3(C)CO)C2C1C. The standard InChI is InChI=1S/C30H48O5/c1-17-9-12-30(25(34)35)14-13-28(5)19(23(30)18(17)2)7-8-22-26(3)15-20(32)24(33)27(4,16-31)21(26)10-11-29(22,28)6/h7,17-18,20-24,31-33H,8-16H2,1-6H3,(H,34,35)/t17?,18?,20?,21?,22?,23?,24?,26-,27+,28?,29?,30?/m1/s1. The summed E-state index contributed by atoms with van der Waals surface area (Å²) in [7, 11) is 0. The fourth-order valence-electron chi connectivity index (χ4n) is 11.0. The summed E-state index contributed by atoms with van der Waals surface area (Å²) in [6.07, 6.45) is 7.51. The first kappa shape index (κ1) is 25.7. The van der Waals surface area contributed by atoms with Crippen LogP contribution in [0.3, 0.4) is 0 Å². The van der Waals surface area contributed by atoms with Crippen LogP contribution >= 0.6 is 0 Å². The topological polar surface area (TPSA) is 98.0 Å². The zero-order chi connectivity index (χ0) is 25.8. The molecular formula is C30H48O5. The third-order valence-electron chi connectivity index (χ3n) is 13.5. The molecule has 5 aliphatic carbocycles. The predicted molar refractivity (Wildman–Crippen MR) is 135 cm³/mol. The van der Waals surface area contributed by atoms with Crippen molar-refractivity contribution >= 4 is 5.97 Å². The summed E-state index contributed by atoms with van der Waals surface area (Å²) in [5.74, 6) is 0.828. The number of carboxylic acid groups (broad SMARTS) is 1. The minimum Gasteiger partial charge on any atom is -0.481 e. The van der Waals surface area contributed by atoms with Crippen molar-refractivity contribution in [3.05, 3.63) is 11.6 Å². The van der Waals surface area contributed by atoms with Gasteiger partial charge in [-0.15, -0.1) is 0 Å². The Balaban J connectivity index is 1.62. The van der Waals surface area contributed by atoms with Crippen LogP contribution < -0.4 is 0 Å². The minimum atomic E-state index is -0.907. The normalized spacial score (nSPS) is 57.7. The van der Waals surface area contributed by atoms with Crippen molar-refractivity contribution in [2.75, 3.05) is 6.61 Å². The van der Waals surface area contributed by atoms with Crippen molar-refractivity contribution in [1.29, 1.82) is 0 Å². The summed E-state index contributed by atoms with van der Waals surface area (Å²) < 4.78 is 0. The Bertz CT molecular complexity index is 930. The van der Waals surface area contributed by atoms with Crippen molar-refractivity contribution in [2.45, 2.75) is 105 Å². The van der Waals surface area contributed by atoms with Crippen LogP contribution in [0.1, 0.15) is 92.9 Å². The molecule has 10 unspecified atom stereocenters.